The first-order valence-corrected chi connectivity index (χ1v) is 10.4. The molecular formula is C24H22N2O2S. The highest BCUT2D eigenvalue weighted by molar-refractivity contribution is 7.13. The molecule has 5 heteroatoms. The first-order chi connectivity index (χ1) is 14.3. The van der Waals surface area contributed by atoms with Crippen LogP contribution in [0.2, 0.25) is 0 Å². The number of nitrogens with one attached hydrogen (secondary N) is 1. The number of amides is 1. The summed E-state index contributed by atoms with van der Waals surface area (Å²) in [6.45, 7) is 2.96. The average molecular weight is 403 g/mol. The maximum atomic E-state index is 13.1. The van der Waals surface area contributed by atoms with Gasteiger partial charge in [-0.15, -0.1) is 11.3 Å². The van der Waals surface area contributed by atoms with Crippen molar-refractivity contribution in [2.24, 2.45) is 0 Å². The van der Waals surface area contributed by atoms with Gasteiger partial charge in [0.15, 0.2) is 0 Å². The minimum Gasteiger partial charge on any atom is -0.494 e. The second-order valence-electron chi connectivity index (χ2n) is 6.51. The number of para-hydroxylation sites is 1. The number of hydrogen-bond donors (Lipinski definition) is 1. The summed E-state index contributed by atoms with van der Waals surface area (Å²) in [5, 5.41) is 5.11. The summed E-state index contributed by atoms with van der Waals surface area (Å²) in [5.74, 6) is 0.712. The van der Waals surface area contributed by atoms with E-state index in [1.54, 1.807) is 0 Å². The van der Waals surface area contributed by atoms with Gasteiger partial charge in [-0.1, -0.05) is 48.5 Å². The molecule has 0 spiro atoms. The van der Waals surface area contributed by atoms with Gasteiger partial charge in [0.25, 0.3) is 5.91 Å². The monoisotopic (exact) mass is 402 g/mol. The van der Waals surface area contributed by atoms with Gasteiger partial charge < -0.3 is 14.6 Å². The van der Waals surface area contributed by atoms with Gasteiger partial charge in [0.2, 0.25) is 0 Å². The normalized spacial score (nSPS) is 10.7. The lowest BCUT2D eigenvalue weighted by Gasteiger charge is -2.12. The molecule has 4 nitrogen and oxygen atoms in total. The van der Waals surface area contributed by atoms with Gasteiger partial charge in [-0.3, -0.25) is 4.79 Å². The van der Waals surface area contributed by atoms with E-state index in [0.717, 1.165) is 28.1 Å². The summed E-state index contributed by atoms with van der Waals surface area (Å²) < 4.78 is 7.67. The number of rotatable bonds is 7. The van der Waals surface area contributed by atoms with Crippen LogP contribution in [0.1, 0.15) is 22.2 Å². The number of carbonyl (C=O) groups is 1. The highest BCUT2D eigenvalue weighted by atomic mass is 32.1. The molecule has 0 aliphatic rings. The van der Waals surface area contributed by atoms with Crippen LogP contribution in [0.5, 0.6) is 5.75 Å². The van der Waals surface area contributed by atoms with Gasteiger partial charge in [-0.2, -0.15) is 0 Å². The van der Waals surface area contributed by atoms with Crippen LogP contribution in [-0.2, 0) is 6.54 Å². The van der Waals surface area contributed by atoms with E-state index >= 15 is 0 Å². The summed E-state index contributed by atoms with van der Waals surface area (Å²) in [6.07, 6.45) is 3.94. The zero-order valence-corrected chi connectivity index (χ0v) is 17.0. The second kappa shape index (κ2) is 8.80. The molecule has 0 aliphatic heterocycles. The third kappa shape index (κ3) is 4.10. The average Bonchev–Trinajstić information content (AvgIpc) is 3.43. The third-order valence-electron chi connectivity index (χ3n) is 4.63. The molecule has 0 saturated carbocycles. The molecule has 4 aromatic rings. The smallest absolute Gasteiger partial charge is 0.263 e. The Morgan fingerprint density at radius 3 is 2.48 bits per heavy atom. The molecule has 0 bridgehead atoms. The number of thiophene rings is 1. The Morgan fingerprint density at radius 2 is 1.72 bits per heavy atom. The molecular weight excluding hydrogens is 380 g/mol. The zero-order valence-electron chi connectivity index (χ0n) is 16.2. The van der Waals surface area contributed by atoms with E-state index in [-0.39, 0.29) is 5.91 Å². The lowest BCUT2D eigenvalue weighted by Crippen LogP contribution is -2.23. The minimum absolute atomic E-state index is 0.0906. The van der Waals surface area contributed by atoms with Crippen molar-refractivity contribution in [3.63, 3.8) is 0 Å². The molecule has 2 aromatic heterocycles. The number of nitrogens with zero attached hydrogens (tertiary/aromatic N) is 1. The van der Waals surface area contributed by atoms with Crippen LogP contribution in [0.15, 0.2) is 84.5 Å². The fraction of sp³-hybridized carbons (Fsp3) is 0.125. The number of benzene rings is 2. The highest BCUT2D eigenvalue weighted by Gasteiger charge is 2.20. The van der Waals surface area contributed by atoms with Crippen molar-refractivity contribution in [3.8, 4) is 22.6 Å². The maximum absolute atomic E-state index is 13.1. The Morgan fingerprint density at radius 1 is 1.00 bits per heavy atom. The summed E-state index contributed by atoms with van der Waals surface area (Å²) in [6, 6.07) is 21.9. The molecule has 0 fully saturated rings. The fourth-order valence-corrected chi connectivity index (χ4v) is 4.27. The molecule has 1 amide bonds. The number of carbonyl (C=O) groups excluding carboxylic acids is 1. The van der Waals surface area contributed by atoms with Crippen LogP contribution in [0.4, 0.5) is 0 Å². The quantitative estimate of drug-likeness (QED) is 0.441. The van der Waals surface area contributed by atoms with Gasteiger partial charge in [0.05, 0.1) is 12.3 Å². The third-order valence-corrected chi connectivity index (χ3v) is 5.60. The van der Waals surface area contributed by atoms with Crippen molar-refractivity contribution < 1.29 is 9.53 Å². The summed E-state index contributed by atoms with van der Waals surface area (Å²) in [5.41, 5.74) is 4.01. The van der Waals surface area contributed by atoms with Gasteiger partial charge in [0, 0.05) is 35.4 Å². The van der Waals surface area contributed by atoms with E-state index in [9.17, 15) is 4.79 Å². The topological polar surface area (TPSA) is 43.3 Å². The maximum Gasteiger partial charge on any atom is 0.263 e. The zero-order chi connectivity index (χ0) is 20.1. The molecule has 2 heterocycles. The highest BCUT2D eigenvalue weighted by Crippen LogP contribution is 2.35. The number of ether oxygens (including phenoxy) is 1. The molecule has 0 unspecified atom stereocenters. The van der Waals surface area contributed by atoms with E-state index in [0.29, 0.717) is 18.0 Å². The molecule has 0 atom stereocenters. The van der Waals surface area contributed by atoms with E-state index in [1.807, 2.05) is 83.9 Å². The van der Waals surface area contributed by atoms with E-state index in [2.05, 4.69) is 17.4 Å². The standard InChI is InChI=1S/C24H22N2O2S/c1-2-28-21-13-7-6-12-19(21)16-25-24(27)23-22(26-14-8-9-15-26)20(17-29-23)18-10-4-3-5-11-18/h3-15,17H,2,16H2,1H3,(H,25,27). The number of hydrogen-bond acceptors (Lipinski definition) is 3. The Balaban J connectivity index is 1.63. The van der Waals surface area contributed by atoms with Crippen LogP contribution in [-0.4, -0.2) is 17.1 Å². The first-order valence-electron chi connectivity index (χ1n) is 9.57. The van der Waals surface area contributed by atoms with Crippen molar-refractivity contribution in [2.45, 2.75) is 13.5 Å². The van der Waals surface area contributed by atoms with E-state index in [4.69, 9.17) is 4.74 Å². The van der Waals surface area contributed by atoms with Crippen LogP contribution < -0.4 is 10.1 Å². The molecule has 0 aliphatic carbocycles. The molecule has 2 aromatic carbocycles. The molecule has 4 rings (SSSR count). The fourth-order valence-electron chi connectivity index (χ4n) is 3.28. The molecule has 29 heavy (non-hydrogen) atoms. The van der Waals surface area contributed by atoms with E-state index in [1.165, 1.54) is 11.3 Å². The molecule has 0 radical (unpaired) electrons. The predicted molar refractivity (Wildman–Crippen MR) is 118 cm³/mol. The summed E-state index contributed by atoms with van der Waals surface area (Å²) in [7, 11) is 0. The van der Waals surface area contributed by atoms with Crippen molar-refractivity contribution in [1.29, 1.82) is 0 Å². The first kappa shape index (κ1) is 19.0. The Bertz CT molecular complexity index is 1090. The van der Waals surface area contributed by atoms with Gasteiger partial charge in [-0.25, -0.2) is 0 Å². The summed E-state index contributed by atoms with van der Waals surface area (Å²) in [4.78, 5) is 13.8. The van der Waals surface area contributed by atoms with Gasteiger partial charge >= 0.3 is 0 Å². The lowest BCUT2D eigenvalue weighted by molar-refractivity contribution is 0.0954. The van der Waals surface area contributed by atoms with Crippen LogP contribution in [0, 0.1) is 0 Å². The Labute approximate surface area is 174 Å². The number of aromatic nitrogens is 1. The van der Waals surface area contributed by atoms with Gasteiger partial charge in [-0.05, 0) is 30.7 Å². The van der Waals surface area contributed by atoms with Crippen molar-refractivity contribution in [1.82, 2.24) is 9.88 Å². The SMILES string of the molecule is CCOc1ccccc1CNC(=O)c1scc(-c2ccccc2)c1-n1cccc1. The Hall–Kier alpha value is -3.31. The molecule has 146 valence electrons. The molecule has 0 saturated heterocycles. The van der Waals surface area contributed by atoms with E-state index < -0.39 is 0 Å². The summed E-state index contributed by atoms with van der Waals surface area (Å²) >= 11 is 1.46. The predicted octanol–water partition coefficient (Wildman–Crippen LogP) is 5.53. The largest absolute Gasteiger partial charge is 0.494 e. The van der Waals surface area contributed by atoms with Crippen molar-refractivity contribution in [3.05, 3.63) is 94.9 Å². The van der Waals surface area contributed by atoms with Crippen molar-refractivity contribution in [2.75, 3.05) is 6.61 Å². The van der Waals surface area contributed by atoms with Crippen LogP contribution >= 0.6 is 11.3 Å². The van der Waals surface area contributed by atoms with Gasteiger partial charge in [0.1, 0.15) is 10.6 Å². The minimum atomic E-state index is -0.0906. The van der Waals surface area contributed by atoms with Crippen molar-refractivity contribution >= 4 is 17.2 Å². The van der Waals surface area contributed by atoms with Crippen LogP contribution in [0.25, 0.3) is 16.8 Å². The lowest BCUT2D eigenvalue weighted by atomic mass is 10.1. The second-order valence-corrected chi connectivity index (χ2v) is 7.39. The molecule has 1 N–H and O–H groups in total. The Kier molecular flexibility index (Phi) is 5.77. The van der Waals surface area contributed by atoms with Crippen LogP contribution in [0.3, 0.4) is 0 Å².